The zero-order valence-corrected chi connectivity index (χ0v) is 14.2. The van der Waals surface area contributed by atoms with Gasteiger partial charge in [-0.05, 0) is 50.2 Å². The maximum Gasteiger partial charge on any atom is 0.327 e. The standard InChI is InChI=1S/C17H19NO5S/c1-3-23-15-11-9-14(10-12-15)18(13(2)17(19)20)24(21,22)16-7-5-4-6-8-16/h4-13H,3H2,1-2H3,(H,19,20). The molecule has 2 aromatic carbocycles. The fourth-order valence-corrected chi connectivity index (χ4v) is 3.87. The molecule has 1 atom stereocenters. The highest BCUT2D eigenvalue weighted by atomic mass is 32.2. The molecule has 0 aliphatic rings. The Morgan fingerprint density at radius 1 is 1.12 bits per heavy atom. The normalized spacial score (nSPS) is 12.4. The summed E-state index contributed by atoms with van der Waals surface area (Å²) in [5.41, 5.74) is 0.261. The SMILES string of the molecule is CCOc1ccc(N(C(C)C(=O)O)S(=O)(=O)c2ccccc2)cc1. The molecule has 2 aromatic rings. The van der Waals surface area contributed by atoms with Crippen molar-refractivity contribution in [3.05, 3.63) is 54.6 Å². The zero-order valence-electron chi connectivity index (χ0n) is 13.4. The van der Waals surface area contributed by atoms with E-state index in [0.717, 1.165) is 4.31 Å². The second-order valence-electron chi connectivity index (χ2n) is 5.06. The van der Waals surface area contributed by atoms with Crippen molar-refractivity contribution in [2.75, 3.05) is 10.9 Å². The summed E-state index contributed by atoms with van der Waals surface area (Å²) in [6, 6.07) is 12.8. The first kappa shape index (κ1) is 17.8. The first-order chi connectivity index (χ1) is 11.4. The van der Waals surface area contributed by atoms with Crippen molar-refractivity contribution in [1.82, 2.24) is 0 Å². The molecule has 0 aliphatic heterocycles. The Bertz CT molecular complexity index is 787. The number of rotatable bonds is 7. The molecule has 1 N–H and O–H groups in total. The van der Waals surface area contributed by atoms with Crippen molar-refractivity contribution in [3.8, 4) is 5.75 Å². The van der Waals surface area contributed by atoms with Gasteiger partial charge in [0.25, 0.3) is 10.0 Å². The van der Waals surface area contributed by atoms with E-state index >= 15 is 0 Å². The zero-order chi connectivity index (χ0) is 17.7. The molecular weight excluding hydrogens is 330 g/mol. The Morgan fingerprint density at radius 2 is 1.71 bits per heavy atom. The highest BCUT2D eigenvalue weighted by Gasteiger charge is 2.33. The van der Waals surface area contributed by atoms with Crippen LogP contribution in [0.3, 0.4) is 0 Å². The van der Waals surface area contributed by atoms with E-state index in [2.05, 4.69) is 0 Å². The van der Waals surface area contributed by atoms with Crippen LogP contribution in [0.25, 0.3) is 0 Å². The van der Waals surface area contributed by atoms with Crippen LogP contribution in [0.5, 0.6) is 5.75 Å². The summed E-state index contributed by atoms with van der Waals surface area (Å²) in [6.45, 7) is 3.66. The average Bonchev–Trinajstić information content (AvgIpc) is 2.57. The summed E-state index contributed by atoms with van der Waals surface area (Å²) in [4.78, 5) is 11.5. The fraction of sp³-hybridized carbons (Fsp3) is 0.235. The van der Waals surface area contributed by atoms with Gasteiger partial charge in [-0.15, -0.1) is 0 Å². The quantitative estimate of drug-likeness (QED) is 0.831. The van der Waals surface area contributed by atoms with E-state index in [1.165, 1.54) is 31.2 Å². The number of ether oxygens (including phenoxy) is 1. The van der Waals surface area contributed by atoms with Crippen LogP contribution in [0.1, 0.15) is 13.8 Å². The van der Waals surface area contributed by atoms with Crippen LogP contribution in [0.15, 0.2) is 59.5 Å². The molecule has 0 aliphatic carbocycles. The lowest BCUT2D eigenvalue weighted by atomic mass is 10.2. The Morgan fingerprint density at radius 3 is 2.21 bits per heavy atom. The number of nitrogens with zero attached hydrogens (tertiary/aromatic N) is 1. The lowest BCUT2D eigenvalue weighted by Crippen LogP contribution is -2.43. The Kier molecular flexibility index (Phi) is 5.46. The van der Waals surface area contributed by atoms with Gasteiger partial charge in [0.1, 0.15) is 11.8 Å². The van der Waals surface area contributed by atoms with Crippen molar-refractivity contribution in [2.45, 2.75) is 24.8 Å². The van der Waals surface area contributed by atoms with Gasteiger partial charge in [-0.3, -0.25) is 4.31 Å². The first-order valence-corrected chi connectivity index (χ1v) is 8.87. The number of aliphatic carboxylic acids is 1. The topological polar surface area (TPSA) is 83.9 Å². The summed E-state index contributed by atoms with van der Waals surface area (Å²) in [5.74, 6) is -0.648. The smallest absolute Gasteiger partial charge is 0.327 e. The summed E-state index contributed by atoms with van der Waals surface area (Å²) in [6.07, 6.45) is 0. The monoisotopic (exact) mass is 349 g/mol. The van der Waals surface area contributed by atoms with E-state index < -0.39 is 22.0 Å². The molecule has 0 radical (unpaired) electrons. The third kappa shape index (κ3) is 3.68. The van der Waals surface area contributed by atoms with Crippen molar-refractivity contribution >= 4 is 21.7 Å². The van der Waals surface area contributed by atoms with Gasteiger partial charge in [-0.25, -0.2) is 13.2 Å². The van der Waals surface area contributed by atoms with Crippen LogP contribution in [0, 0.1) is 0 Å². The van der Waals surface area contributed by atoms with Crippen molar-refractivity contribution in [1.29, 1.82) is 0 Å². The van der Waals surface area contributed by atoms with E-state index in [9.17, 15) is 18.3 Å². The maximum atomic E-state index is 12.9. The number of carbonyl (C=O) groups is 1. The Hall–Kier alpha value is -2.54. The maximum absolute atomic E-state index is 12.9. The summed E-state index contributed by atoms with van der Waals surface area (Å²) in [5, 5.41) is 9.33. The van der Waals surface area contributed by atoms with Gasteiger partial charge in [-0.2, -0.15) is 0 Å². The lowest BCUT2D eigenvalue weighted by Gasteiger charge is -2.28. The molecule has 1 unspecified atom stereocenters. The minimum Gasteiger partial charge on any atom is -0.494 e. The highest BCUT2D eigenvalue weighted by Crippen LogP contribution is 2.28. The molecule has 0 saturated heterocycles. The molecule has 6 nitrogen and oxygen atoms in total. The van der Waals surface area contributed by atoms with E-state index in [0.29, 0.717) is 12.4 Å². The minimum atomic E-state index is -4.01. The van der Waals surface area contributed by atoms with Gasteiger partial charge < -0.3 is 9.84 Å². The molecular formula is C17H19NO5S. The Balaban J connectivity index is 2.51. The molecule has 0 fully saturated rings. The predicted octanol–water partition coefficient (Wildman–Crippen LogP) is 2.75. The number of anilines is 1. The van der Waals surface area contributed by atoms with E-state index in [4.69, 9.17) is 4.74 Å². The predicted molar refractivity (Wildman–Crippen MR) is 90.8 cm³/mol. The second-order valence-corrected chi connectivity index (χ2v) is 6.87. The summed E-state index contributed by atoms with van der Waals surface area (Å²) >= 11 is 0. The Labute approximate surface area is 141 Å². The van der Waals surface area contributed by atoms with Gasteiger partial charge in [0.2, 0.25) is 0 Å². The van der Waals surface area contributed by atoms with Gasteiger partial charge in [0, 0.05) is 0 Å². The average molecular weight is 349 g/mol. The van der Waals surface area contributed by atoms with E-state index in [1.807, 2.05) is 6.92 Å². The van der Waals surface area contributed by atoms with Crippen LogP contribution in [-0.2, 0) is 14.8 Å². The van der Waals surface area contributed by atoms with Crippen molar-refractivity contribution < 1.29 is 23.1 Å². The molecule has 0 amide bonds. The van der Waals surface area contributed by atoms with E-state index in [-0.39, 0.29) is 10.6 Å². The van der Waals surface area contributed by atoms with Crippen LogP contribution in [-0.4, -0.2) is 32.1 Å². The molecule has 0 bridgehead atoms. The van der Waals surface area contributed by atoms with Crippen LogP contribution in [0.2, 0.25) is 0 Å². The fourth-order valence-electron chi connectivity index (χ4n) is 2.23. The second kappa shape index (κ2) is 7.35. The van der Waals surface area contributed by atoms with Crippen LogP contribution < -0.4 is 9.04 Å². The summed E-state index contributed by atoms with van der Waals surface area (Å²) in [7, 11) is -4.01. The third-order valence-electron chi connectivity index (χ3n) is 3.41. The largest absolute Gasteiger partial charge is 0.494 e. The van der Waals surface area contributed by atoms with Gasteiger partial charge >= 0.3 is 5.97 Å². The number of benzene rings is 2. The molecule has 7 heteroatoms. The van der Waals surface area contributed by atoms with Crippen molar-refractivity contribution in [2.24, 2.45) is 0 Å². The van der Waals surface area contributed by atoms with E-state index in [1.54, 1.807) is 30.3 Å². The van der Waals surface area contributed by atoms with Crippen molar-refractivity contribution in [3.63, 3.8) is 0 Å². The van der Waals surface area contributed by atoms with Gasteiger partial charge in [0.15, 0.2) is 0 Å². The number of carboxylic acids is 1. The molecule has 24 heavy (non-hydrogen) atoms. The molecule has 0 heterocycles. The van der Waals surface area contributed by atoms with Crippen LogP contribution in [0.4, 0.5) is 5.69 Å². The lowest BCUT2D eigenvalue weighted by molar-refractivity contribution is -0.137. The molecule has 0 saturated carbocycles. The minimum absolute atomic E-state index is 0.0342. The number of hydrogen-bond donors (Lipinski definition) is 1. The number of sulfonamides is 1. The number of carboxylic acid groups (broad SMARTS) is 1. The highest BCUT2D eigenvalue weighted by molar-refractivity contribution is 7.92. The van der Waals surface area contributed by atoms with Crippen LogP contribution >= 0.6 is 0 Å². The third-order valence-corrected chi connectivity index (χ3v) is 5.32. The molecule has 128 valence electrons. The van der Waals surface area contributed by atoms with Gasteiger partial charge in [-0.1, -0.05) is 18.2 Å². The first-order valence-electron chi connectivity index (χ1n) is 7.43. The summed E-state index contributed by atoms with van der Waals surface area (Å²) < 4.78 is 32.1. The molecule has 0 aromatic heterocycles. The molecule has 0 spiro atoms. The molecule has 2 rings (SSSR count). The van der Waals surface area contributed by atoms with Gasteiger partial charge in [0.05, 0.1) is 17.2 Å². The number of hydrogen-bond acceptors (Lipinski definition) is 4.